The molecule has 0 aliphatic carbocycles. The molecule has 1 fully saturated rings. The predicted molar refractivity (Wildman–Crippen MR) is 77.9 cm³/mol. The molecule has 0 unspecified atom stereocenters. The van der Waals surface area contributed by atoms with Crippen LogP contribution in [-0.2, 0) is 0 Å². The van der Waals surface area contributed by atoms with E-state index in [1.54, 1.807) is 18.4 Å². The van der Waals surface area contributed by atoms with Crippen LogP contribution in [0.3, 0.4) is 0 Å². The van der Waals surface area contributed by atoms with Crippen molar-refractivity contribution >= 4 is 0 Å². The zero-order valence-electron chi connectivity index (χ0n) is 12.0. The summed E-state index contributed by atoms with van der Waals surface area (Å²) in [6, 6.07) is 8.83. The van der Waals surface area contributed by atoms with Gasteiger partial charge < -0.3 is 14.5 Å². The fraction of sp³-hybridized carbons (Fsp3) is 0.375. The van der Waals surface area contributed by atoms with Crippen molar-refractivity contribution in [2.24, 2.45) is 0 Å². The molecule has 4 nitrogen and oxygen atoms in total. The minimum atomic E-state index is -0.347. The van der Waals surface area contributed by atoms with Gasteiger partial charge in [0.2, 0.25) is 0 Å². The van der Waals surface area contributed by atoms with Crippen molar-refractivity contribution in [3.05, 3.63) is 53.7 Å². The summed E-state index contributed by atoms with van der Waals surface area (Å²) in [5, 5.41) is 3.34. The highest BCUT2D eigenvalue weighted by Gasteiger charge is 2.26. The number of halogens is 1. The first-order valence-corrected chi connectivity index (χ1v) is 7.11. The Morgan fingerprint density at radius 3 is 2.76 bits per heavy atom. The Labute approximate surface area is 123 Å². The molecule has 2 heterocycles. The van der Waals surface area contributed by atoms with Gasteiger partial charge in [-0.25, -0.2) is 4.39 Å². The van der Waals surface area contributed by atoms with Gasteiger partial charge in [0.05, 0.1) is 19.4 Å². The smallest absolute Gasteiger partial charge is 0.165 e. The summed E-state index contributed by atoms with van der Waals surface area (Å²) in [6.45, 7) is 3.72. The molecular weight excluding hydrogens is 271 g/mol. The summed E-state index contributed by atoms with van der Waals surface area (Å²) in [7, 11) is 1.48. The molecule has 0 radical (unpaired) electrons. The number of hydrogen-bond donors (Lipinski definition) is 1. The number of hydrogen-bond acceptors (Lipinski definition) is 4. The molecule has 0 amide bonds. The Bertz CT molecular complexity index is 580. The van der Waals surface area contributed by atoms with E-state index in [-0.39, 0.29) is 17.6 Å². The van der Waals surface area contributed by atoms with Gasteiger partial charge in [0.15, 0.2) is 11.6 Å². The average molecular weight is 290 g/mol. The third kappa shape index (κ3) is 2.94. The fourth-order valence-corrected chi connectivity index (χ4v) is 2.79. The van der Waals surface area contributed by atoms with Crippen LogP contribution in [0.1, 0.15) is 17.4 Å². The van der Waals surface area contributed by atoms with Crippen molar-refractivity contribution in [1.82, 2.24) is 10.2 Å². The maximum Gasteiger partial charge on any atom is 0.165 e. The largest absolute Gasteiger partial charge is 0.494 e. The van der Waals surface area contributed by atoms with Crippen molar-refractivity contribution in [1.29, 1.82) is 0 Å². The van der Waals surface area contributed by atoms with Crippen LogP contribution in [-0.4, -0.2) is 38.2 Å². The molecule has 1 saturated heterocycles. The summed E-state index contributed by atoms with van der Waals surface area (Å²) in [4.78, 5) is 2.34. The van der Waals surface area contributed by atoms with Crippen molar-refractivity contribution in [2.45, 2.75) is 6.04 Å². The van der Waals surface area contributed by atoms with Gasteiger partial charge in [-0.1, -0.05) is 6.07 Å². The lowest BCUT2D eigenvalue weighted by molar-refractivity contribution is 0.179. The summed E-state index contributed by atoms with van der Waals surface area (Å²) in [5.74, 6) is 0.782. The van der Waals surface area contributed by atoms with Crippen molar-refractivity contribution < 1.29 is 13.5 Å². The van der Waals surface area contributed by atoms with Gasteiger partial charge in [-0.3, -0.25) is 4.90 Å². The predicted octanol–water partition coefficient (Wildman–Crippen LogP) is 2.42. The third-order valence-electron chi connectivity index (χ3n) is 3.82. The van der Waals surface area contributed by atoms with Gasteiger partial charge in [0, 0.05) is 26.2 Å². The van der Waals surface area contributed by atoms with Gasteiger partial charge in [-0.2, -0.15) is 0 Å². The van der Waals surface area contributed by atoms with E-state index >= 15 is 0 Å². The van der Waals surface area contributed by atoms with Crippen LogP contribution in [0.5, 0.6) is 5.75 Å². The van der Waals surface area contributed by atoms with Gasteiger partial charge in [0.1, 0.15) is 5.76 Å². The first kappa shape index (κ1) is 14.1. The van der Waals surface area contributed by atoms with E-state index in [4.69, 9.17) is 9.15 Å². The molecule has 3 rings (SSSR count). The van der Waals surface area contributed by atoms with Crippen LogP contribution in [0.15, 0.2) is 41.0 Å². The molecule has 1 aliphatic heterocycles. The van der Waals surface area contributed by atoms with Crippen LogP contribution < -0.4 is 10.1 Å². The summed E-state index contributed by atoms with van der Waals surface area (Å²) in [5.41, 5.74) is 0.977. The number of methoxy groups -OCH3 is 1. The molecule has 0 saturated carbocycles. The minimum Gasteiger partial charge on any atom is -0.494 e. The fourth-order valence-electron chi connectivity index (χ4n) is 2.79. The first-order valence-electron chi connectivity index (χ1n) is 7.11. The number of rotatable bonds is 4. The SMILES string of the molecule is COc1cc([C@@H](c2ccco2)N2CCNCC2)ccc1F. The minimum absolute atomic E-state index is 0.0170. The monoisotopic (exact) mass is 290 g/mol. The molecule has 112 valence electrons. The standard InChI is InChI=1S/C16H19FN2O2/c1-20-15-11-12(4-5-13(15)17)16(14-3-2-10-21-14)19-8-6-18-7-9-19/h2-5,10-11,16,18H,6-9H2,1H3/t16-/m0/s1. The molecule has 2 aromatic rings. The number of furan rings is 1. The number of piperazine rings is 1. The van der Waals surface area contributed by atoms with E-state index in [1.807, 2.05) is 12.1 Å². The highest BCUT2D eigenvalue weighted by molar-refractivity contribution is 5.35. The van der Waals surface area contributed by atoms with Crippen molar-refractivity contribution in [3.63, 3.8) is 0 Å². The van der Waals surface area contributed by atoms with E-state index < -0.39 is 0 Å². The second kappa shape index (κ2) is 6.28. The van der Waals surface area contributed by atoms with Crippen LogP contribution >= 0.6 is 0 Å². The zero-order chi connectivity index (χ0) is 14.7. The lowest BCUT2D eigenvalue weighted by atomic mass is 10.0. The second-order valence-electron chi connectivity index (χ2n) is 5.10. The highest BCUT2D eigenvalue weighted by atomic mass is 19.1. The normalized spacial score (nSPS) is 17.6. The third-order valence-corrected chi connectivity index (χ3v) is 3.82. The molecule has 1 aromatic carbocycles. The highest BCUT2D eigenvalue weighted by Crippen LogP contribution is 2.32. The Morgan fingerprint density at radius 2 is 2.10 bits per heavy atom. The van der Waals surface area contributed by atoms with Crippen LogP contribution in [0.2, 0.25) is 0 Å². The van der Waals surface area contributed by atoms with E-state index in [0.29, 0.717) is 0 Å². The molecule has 21 heavy (non-hydrogen) atoms. The molecule has 1 aromatic heterocycles. The van der Waals surface area contributed by atoms with Crippen molar-refractivity contribution in [3.8, 4) is 5.75 Å². The van der Waals surface area contributed by atoms with E-state index in [0.717, 1.165) is 37.5 Å². The Balaban J connectivity index is 1.98. The maximum absolute atomic E-state index is 13.6. The summed E-state index contributed by atoms with van der Waals surface area (Å²) < 4.78 is 24.4. The Hall–Kier alpha value is -1.85. The quantitative estimate of drug-likeness (QED) is 0.938. The second-order valence-corrected chi connectivity index (χ2v) is 5.10. The molecule has 1 N–H and O–H groups in total. The number of nitrogens with zero attached hydrogens (tertiary/aromatic N) is 1. The van der Waals surface area contributed by atoms with Gasteiger partial charge in [-0.05, 0) is 29.8 Å². The van der Waals surface area contributed by atoms with E-state index in [1.165, 1.54) is 13.2 Å². The maximum atomic E-state index is 13.6. The Morgan fingerprint density at radius 1 is 1.29 bits per heavy atom. The summed E-state index contributed by atoms with van der Waals surface area (Å²) >= 11 is 0. The number of ether oxygens (including phenoxy) is 1. The average Bonchev–Trinajstić information content (AvgIpc) is 3.04. The van der Waals surface area contributed by atoms with Crippen LogP contribution in [0.4, 0.5) is 4.39 Å². The number of benzene rings is 1. The van der Waals surface area contributed by atoms with Gasteiger partial charge in [0.25, 0.3) is 0 Å². The lowest BCUT2D eigenvalue weighted by Gasteiger charge is -2.34. The zero-order valence-corrected chi connectivity index (χ0v) is 12.0. The van der Waals surface area contributed by atoms with Crippen LogP contribution in [0, 0.1) is 5.82 Å². The molecule has 0 bridgehead atoms. The number of nitrogens with one attached hydrogen (secondary N) is 1. The Kier molecular flexibility index (Phi) is 4.22. The topological polar surface area (TPSA) is 37.6 Å². The molecule has 5 heteroatoms. The molecule has 1 atom stereocenters. The molecular formula is C16H19FN2O2. The van der Waals surface area contributed by atoms with E-state index in [9.17, 15) is 4.39 Å². The molecule has 0 spiro atoms. The van der Waals surface area contributed by atoms with E-state index in [2.05, 4.69) is 10.2 Å². The lowest BCUT2D eigenvalue weighted by Crippen LogP contribution is -2.45. The van der Waals surface area contributed by atoms with Gasteiger partial charge in [-0.15, -0.1) is 0 Å². The van der Waals surface area contributed by atoms with Gasteiger partial charge >= 0.3 is 0 Å². The summed E-state index contributed by atoms with van der Waals surface area (Å²) in [6.07, 6.45) is 1.67. The molecule has 1 aliphatic rings. The first-order chi connectivity index (χ1) is 10.3. The van der Waals surface area contributed by atoms with Crippen LogP contribution in [0.25, 0.3) is 0 Å². The van der Waals surface area contributed by atoms with Crippen molar-refractivity contribution in [2.75, 3.05) is 33.3 Å².